The largest absolute Gasteiger partial charge is 0.444 e. The van der Waals surface area contributed by atoms with Crippen LogP contribution in [0.25, 0.3) is 0 Å². The zero-order chi connectivity index (χ0) is 12.4. The lowest BCUT2D eigenvalue weighted by Crippen LogP contribution is -2.27. The molecule has 1 rings (SSSR count). The van der Waals surface area contributed by atoms with Crippen LogP contribution < -0.4 is 0 Å². The molecule has 16 heavy (non-hydrogen) atoms. The van der Waals surface area contributed by atoms with Crippen LogP contribution in [0.15, 0.2) is 10.6 Å². The standard InChI is InChI=1S/C10H16ClNO3S/c1-10(2,16(3,13)14)8-7-12-9(15-8)5-4-6-11/h7H,4-6H2,1-3H3. The van der Waals surface area contributed by atoms with Crippen molar-refractivity contribution < 1.29 is 12.8 Å². The summed E-state index contributed by atoms with van der Waals surface area (Å²) in [4.78, 5) is 4.04. The third kappa shape index (κ3) is 2.77. The summed E-state index contributed by atoms with van der Waals surface area (Å²) < 4.78 is 27.5. The van der Waals surface area contributed by atoms with Gasteiger partial charge in [-0.05, 0) is 20.3 Å². The Morgan fingerprint density at radius 1 is 1.50 bits per heavy atom. The molecule has 4 nitrogen and oxygen atoms in total. The number of oxazole rings is 1. The summed E-state index contributed by atoms with van der Waals surface area (Å²) in [6.07, 6.45) is 4.06. The molecule has 6 heteroatoms. The lowest BCUT2D eigenvalue weighted by Gasteiger charge is -2.18. The third-order valence-electron chi connectivity index (χ3n) is 2.60. The molecule has 0 aliphatic rings. The minimum atomic E-state index is -3.22. The molecule has 0 N–H and O–H groups in total. The van der Waals surface area contributed by atoms with Gasteiger partial charge >= 0.3 is 0 Å². The number of sulfone groups is 1. The first-order valence-electron chi connectivity index (χ1n) is 5.00. The number of rotatable bonds is 5. The van der Waals surface area contributed by atoms with Crippen LogP contribution in [0, 0.1) is 0 Å². The number of aryl methyl sites for hydroxylation is 1. The third-order valence-corrected chi connectivity index (χ3v) is 4.92. The van der Waals surface area contributed by atoms with Crippen LogP contribution >= 0.6 is 11.6 Å². The van der Waals surface area contributed by atoms with Crippen molar-refractivity contribution in [1.82, 2.24) is 4.98 Å². The number of hydrogen-bond acceptors (Lipinski definition) is 4. The molecule has 0 fully saturated rings. The maximum atomic E-state index is 11.6. The summed E-state index contributed by atoms with van der Waals surface area (Å²) in [5.41, 5.74) is 0. The van der Waals surface area contributed by atoms with Gasteiger partial charge in [0.1, 0.15) is 10.5 Å². The summed E-state index contributed by atoms with van der Waals surface area (Å²) in [5.74, 6) is 1.44. The first-order chi connectivity index (χ1) is 7.29. The van der Waals surface area contributed by atoms with Gasteiger partial charge in [-0.3, -0.25) is 0 Å². The van der Waals surface area contributed by atoms with Crippen LogP contribution in [-0.2, 0) is 21.0 Å². The zero-order valence-electron chi connectivity index (χ0n) is 9.66. The van der Waals surface area contributed by atoms with Gasteiger partial charge in [-0.25, -0.2) is 13.4 Å². The fourth-order valence-corrected chi connectivity index (χ4v) is 1.70. The first kappa shape index (κ1) is 13.5. The highest BCUT2D eigenvalue weighted by molar-refractivity contribution is 7.91. The summed E-state index contributed by atoms with van der Waals surface area (Å²) >= 11 is 5.56. The van der Waals surface area contributed by atoms with Gasteiger partial charge in [0, 0.05) is 18.6 Å². The van der Waals surface area contributed by atoms with E-state index in [2.05, 4.69) is 4.98 Å². The highest BCUT2D eigenvalue weighted by atomic mass is 35.5. The summed E-state index contributed by atoms with van der Waals surface area (Å²) in [6.45, 7) is 3.21. The molecule has 0 saturated heterocycles. The van der Waals surface area contributed by atoms with Crippen molar-refractivity contribution in [1.29, 1.82) is 0 Å². The van der Waals surface area contributed by atoms with Crippen LogP contribution in [0.3, 0.4) is 0 Å². The van der Waals surface area contributed by atoms with E-state index >= 15 is 0 Å². The summed E-state index contributed by atoms with van der Waals surface area (Å²) in [7, 11) is -3.22. The Morgan fingerprint density at radius 3 is 2.62 bits per heavy atom. The van der Waals surface area contributed by atoms with E-state index in [1.165, 1.54) is 12.5 Å². The Labute approximate surface area is 101 Å². The number of halogens is 1. The lowest BCUT2D eigenvalue weighted by atomic mass is 10.2. The Balaban J connectivity index is 2.94. The van der Waals surface area contributed by atoms with Gasteiger partial charge in [0.15, 0.2) is 15.7 Å². The summed E-state index contributed by atoms with van der Waals surface area (Å²) in [5, 5.41) is 0. The fraction of sp³-hybridized carbons (Fsp3) is 0.700. The highest BCUT2D eigenvalue weighted by Crippen LogP contribution is 2.29. The number of alkyl halides is 1. The van der Waals surface area contributed by atoms with E-state index in [4.69, 9.17) is 16.0 Å². The maximum absolute atomic E-state index is 11.6. The molecule has 0 saturated carbocycles. The van der Waals surface area contributed by atoms with Crippen LogP contribution in [0.2, 0.25) is 0 Å². The molecule has 0 unspecified atom stereocenters. The van der Waals surface area contributed by atoms with Crippen LogP contribution in [0.5, 0.6) is 0 Å². The molecule has 1 aromatic heterocycles. The van der Waals surface area contributed by atoms with E-state index in [1.54, 1.807) is 13.8 Å². The Morgan fingerprint density at radius 2 is 2.12 bits per heavy atom. The SMILES string of the molecule is CC(C)(c1cnc(CCCCl)o1)S(C)(=O)=O. The van der Waals surface area contributed by atoms with E-state index in [0.29, 0.717) is 24.0 Å². The second-order valence-electron chi connectivity index (χ2n) is 4.19. The normalized spacial score (nSPS) is 13.0. The molecule has 0 amide bonds. The van der Waals surface area contributed by atoms with Gasteiger partial charge in [0.25, 0.3) is 0 Å². The molecule has 0 atom stereocenters. The minimum Gasteiger partial charge on any atom is -0.444 e. The van der Waals surface area contributed by atoms with Gasteiger partial charge in [-0.15, -0.1) is 11.6 Å². The molecule has 0 radical (unpaired) electrons. The van der Waals surface area contributed by atoms with Gasteiger partial charge < -0.3 is 4.42 Å². The average Bonchev–Trinajstić information content (AvgIpc) is 2.61. The van der Waals surface area contributed by atoms with E-state index in [9.17, 15) is 8.42 Å². The van der Waals surface area contributed by atoms with Crippen molar-refractivity contribution >= 4 is 21.4 Å². The Bertz CT molecular complexity index is 450. The van der Waals surface area contributed by atoms with E-state index in [-0.39, 0.29) is 0 Å². The minimum absolute atomic E-state index is 0.375. The Kier molecular flexibility index (Phi) is 4.02. The van der Waals surface area contributed by atoms with Crippen LogP contribution in [0.1, 0.15) is 31.9 Å². The predicted molar refractivity (Wildman–Crippen MR) is 63.4 cm³/mol. The molecule has 0 aliphatic heterocycles. The molecular weight excluding hydrogens is 250 g/mol. The molecule has 1 aromatic rings. The number of hydrogen-bond donors (Lipinski definition) is 0. The van der Waals surface area contributed by atoms with Crippen molar-refractivity contribution in [3.8, 4) is 0 Å². The highest BCUT2D eigenvalue weighted by Gasteiger charge is 2.36. The lowest BCUT2D eigenvalue weighted by molar-refractivity contribution is 0.413. The van der Waals surface area contributed by atoms with Gasteiger partial charge in [0.2, 0.25) is 0 Å². The maximum Gasteiger partial charge on any atom is 0.194 e. The smallest absolute Gasteiger partial charge is 0.194 e. The van der Waals surface area contributed by atoms with Gasteiger partial charge in [0.05, 0.1) is 6.20 Å². The van der Waals surface area contributed by atoms with Crippen molar-refractivity contribution in [2.45, 2.75) is 31.4 Å². The molecule has 0 aromatic carbocycles. The quantitative estimate of drug-likeness (QED) is 0.765. The molecule has 0 spiro atoms. The molecule has 0 aliphatic carbocycles. The topological polar surface area (TPSA) is 60.2 Å². The van der Waals surface area contributed by atoms with E-state index in [1.807, 2.05) is 0 Å². The molecule has 92 valence electrons. The Hall–Kier alpha value is -0.550. The van der Waals surface area contributed by atoms with Gasteiger partial charge in [-0.2, -0.15) is 0 Å². The van der Waals surface area contributed by atoms with Crippen LogP contribution in [-0.4, -0.2) is 25.5 Å². The van der Waals surface area contributed by atoms with Crippen molar-refractivity contribution in [3.63, 3.8) is 0 Å². The van der Waals surface area contributed by atoms with Crippen molar-refractivity contribution in [2.75, 3.05) is 12.1 Å². The monoisotopic (exact) mass is 265 g/mol. The molecule has 1 heterocycles. The summed E-state index contributed by atoms with van der Waals surface area (Å²) in [6, 6.07) is 0. The fourth-order valence-electron chi connectivity index (χ4n) is 1.10. The second-order valence-corrected chi connectivity index (χ2v) is 7.14. The predicted octanol–water partition coefficient (Wildman–Crippen LogP) is 2.13. The van der Waals surface area contributed by atoms with E-state index < -0.39 is 14.6 Å². The van der Waals surface area contributed by atoms with E-state index in [0.717, 1.165) is 6.42 Å². The van der Waals surface area contributed by atoms with Crippen molar-refractivity contribution in [3.05, 3.63) is 17.8 Å². The van der Waals surface area contributed by atoms with Crippen LogP contribution in [0.4, 0.5) is 0 Å². The zero-order valence-corrected chi connectivity index (χ0v) is 11.2. The average molecular weight is 266 g/mol. The number of aromatic nitrogens is 1. The second kappa shape index (κ2) is 4.75. The number of nitrogens with zero attached hydrogens (tertiary/aromatic N) is 1. The van der Waals surface area contributed by atoms with Gasteiger partial charge in [-0.1, -0.05) is 0 Å². The van der Waals surface area contributed by atoms with Crippen molar-refractivity contribution in [2.24, 2.45) is 0 Å². The molecule has 0 bridgehead atoms. The first-order valence-corrected chi connectivity index (χ1v) is 7.42. The molecular formula is C10H16ClNO3S.